The number of carbonyl (C=O) groups excluding carboxylic acids is 11. The summed E-state index contributed by atoms with van der Waals surface area (Å²) in [7, 11) is 0. The van der Waals surface area contributed by atoms with Crippen molar-refractivity contribution in [2.45, 2.75) is 151 Å². The summed E-state index contributed by atoms with van der Waals surface area (Å²) in [5.74, 6) is -16.4. The number of aromatic nitrogens is 3. The van der Waals surface area contributed by atoms with Gasteiger partial charge >= 0.3 is 29.8 Å². The number of benzene rings is 2. The van der Waals surface area contributed by atoms with Crippen LogP contribution in [0.4, 0.5) is 0 Å². The van der Waals surface area contributed by atoms with Crippen molar-refractivity contribution in [3.8, 4) is 0 Å². The summed E-state index contributed by atoms with van der Waals surface area (Å²) in [6.07, 6.45) is 3.04. The van der Waals surface area contributed by atoms with Gasteiger partial charge in [-0.2, -0.15) is 37.9 Å². The number of carbonyl (C=O) groups is 16. The van der Waals surface area contributed by atoms with E-state index in [-0.39, 0.29) is 158 Å². The van der Waals surface area contributed by atoms with Crippen LogP contribution in [0, 0.1) is 5.92 Å². The number of amides is 11. The minimum absolute atomic E-state index is 0. The number of H-pyrrole nitrogens is 2. The van der Waals surface area contributed by atoms with E-state index < -0.39 is 174 Å². The van der Waals surface area contributed by atoms with Crippen LogP contribution in [0.5, 0.6) is 0 Å². The molecule has 2 aliphatic rings. The Morgan fingerprint density at radius 2 is 0.884 bits per heavy atom. The summed E-state index contributed by atoms with van der Waals surface area (Å²) in [6, 6.07) is 0.352. The number of carboxylic acid groups (broad SMARTS) is 5. The molecule has 129 heavy (non-hydrogen) atoms. The molecule has 6 rings (SSSR count). The molecule has 0 unspecified atom stereocenters. The first-order valence-electron chi connectivity index (χ1n) is 40.9. The average Bonchev–Trinajstić information content (AvgIpc) is 1.70. The zero-order valence-electron chi connectivity index (χ0n) is 71.3. The smallest absolute Gasteiger partial charge is 0.317 e. The van der Waals surface area contributed by atoms with Crippen molar-refractivity contribution in [2.75, 3.05) is 115 Å². The van der Waals surface area contributed by atoms with Gasteiger partial charge in [0.1, 0.15) is 60.4 Å². The number of rotatable bonds is 49. The second kappa shape index (κ2) is 58.3. The molecule has 0 saturated carbocycles. The Labute approximate surface area is 773 Å². The van der Waals surface area contributed by atoms with Crippen LogP contribution in [0.2, 0.25) is 0 Å². The van der Waals surface area contributed by atoms with E-state index in [2.05, 4.69) is 111 Å². The number of likely N-dealkylation sites (tertiary alicyclic amines) is 1. The van der Waals surface area contributed by atoms with Gasteiger partial charge in [-0.1, -0.05) is 62.4 Å². The predicted octanol–water partition coefficient (Wildman–Crippen LogP) is -7.07. The number of imidazole rings is 1. The third-order valence-electron chi connectivity index (χ3n) is 20.3. The van der Waals surface area contributed by atoms with Crippen molar-refractivity contribution in [1.29, 1.82) is 0 Å². The normalized spacial score (nSPS) is 16.3. The summed E-state index contributed by atoms with van der Waals surface area (Å²) >= 11 is 12.6. The molecule has 2 aromatic carbocycles. The summed E-state index contributed by atoms with van der Waals surface area (Å²) in [6.45, 7) is 5.04. The number of nitrogens with one attached hydrogen (secondary N) is 11. The van der Waals surface area contributed by atoms with Crippen LogP contribution in [0.25, 0.3) is 10.9 Å². The number of aromatic amines is 2. The molecule has 0 aliphatic carbocycles. The Morgan fingerprint density at radius 3 is 1.31 bits per heavy atom. The van der Waals surface area contributed by atoms with E-state index in [1.165, 1.54) is 17.4 Å². The van der Waals surface area contributed by atoms with Gasteiger partial charge < -0.3 is 128 Å². The number of aliphatic carboxylic acids is 5. The molecule has 1 radical (unpaired) electrons. The number of thiol groups is 3. The topological polar surface area (TPSA) is 753 Å². The molecule has 47 nitrogen and oxygen atoms in total. The predicted molar refractivity (Wildman–Crippen MR) is 474 cm³/mol. The number of nitrogens with zero attached hydrogens (tertiary/aromatic N) is 8. The molecule has 11 atom stereocenters. The average molecular weight is 2040 g/mol. The second-order valence-corrected chi connectivity index (χ2v) is 31.6. The number of para-hydroxylation sites is 1. The molecule has 0 spiro atoms. The molecule has 28 N–H and O–H groups in total. The van der Waals surface area contributed by atoms with Gasteiger partial charge in [-0.05, 0) is 68.1 Å². The molecule has 4 aromatic rings. The van der Waals surface area contributed by atoms with Gasteiger partial charge in [0.15, 0.2) is 11.9 Å². The zero-order valence-corrected chi connectivity index (χ0v) is 76.7. The Bertz CT molecular complexity index is 4310. The van der Waals surface area contributed by atoms with E-state index in [0.29, 0.717) is 86.5 Å². The molecule has 4 heterocycles. The van der Waals surface area contributed by atoms with Crippen molar-refractivity contribution >= 4 is 156 Å². The molecule has 11 amide bonds. The minimum atomic E-state index is -1.62. The first-order valence-corrected chi connectivity index (χ1v) is 42.8. The number of guanidine groups is 2. The maximum Gasteiger partial charge on any atom is 0.317 e. The first kappa shape index (κ1) is 112. The van der Waals surface area contributed by atoms with Gasteiger partial charge in [0.25, 0.3) is 0 Å². The molecule has 715 valence electrons. The Kier molecular flexibility index (Phi) is 50.6. The fourth-order valence-electron chi connectivity index (χ4n) is 13.6. The van der Waals surface area contributed by atoms with Gasteiger partial charge in [0, 0.05) is 164 Å². The van der Waals surface area contributed by atoms with Crippen molar-refractivity contribution < 1.29 is 128 Å². The van der Waals surface area contributed by atoms with Crippen LogP contribution in [0.3, 0.4) is 0 Å². The molecule has 2 saturated heterocycles. The maximum atomic E-state index is 15.1. The monoisotopic (exact) mass is 2040 g/mol. The van der Waals surface area contributed by atoms with Crippen molar-refractivity contribution in [2.24, 2.45) is 50.3 Å². The van der Waals surface area contributed by atoms with Crippen LogP contribution in [0.15, 0.2) is 83.3 Å². The number of hydrogen-bond donors (Lipinski definition) is 25. The van der Waals surface area contributed by atoms with Gasteiger partial charge in [0.05, 0.1) is 38.5 Å². The maximum absolute atomic E-state index is 15.1. The van der Waals surface area contributed by atoms with E-state index >= 15 is 9.59 Å². The number of hydrogen-bond acceptors (Lipinski definition) is 27. The fraction of sp³-hybridized carbons (Fsp3) is 0.551. The van der Waals surface area contributed by atoms with Crippen molar-refractivity contribution in [3.63, 3.8) is 0 Å². The van der Waals surface area contributed by atoms with E-state index in [1.807, 2.05) is 0 Å². The quantitative estimate of drug-likeness (QED) is 0.00845. The Balaban J connectivity index is 0.00000122. The van der Waals surface area contributed by atoms with Crippen molar-refractivity contribution in [3.05, 3.63) is 90.1 Å². The SMILES string of the molecule is CC(C)[C@H](NC(=O)[C@@H]1CCCN1C(=O)[C@H](CCCN=C(N)N)NC(=O)[C@H](CS)NC(=O)[C@H](Cc1c[nH]c2ccccc12)NC(=O)[C@H](CCCN=C(N)N)NC(=O)[C@@H](Cc1ccccc1)NC(=O)[C@H](Cc1cnc[nH]1)NC(=O)[C@H](CCC(=O)O)NC(=O)[C@H](CS)NC(=O)[C@@H](N)CS)C(N)=O.O=C(O)CN1CCN(CC(=O)O)CCN(CC(=O)O)CCN(CC(=O)O)CC1.[O-2].[Re]. The molecular weight excluding hydrogens is 1920 g/mol. The van der Waals surface area contributed by atoms with Gasteiger partial charge in [-0.3, -0.25) is 106 Å². The third-order valence-corrected chi connectivity index (χ3v) is 21.4. The number of aliphatic imine (C=N–C) groups is 2. The largest absolute Gasteiger partial charge is 2.00 e. The standard InChI is InChI=1S/C62H91N21O13S3.C16H28N4O8.O.Re/c1-32(2)49(50(64)86)82-59(95)47-17-10-22-83(47)60(96)41(16-9-21-71-62(67)68)76-58(94)46(30-99)81-55(91)43(24-34-26-72-38-14-7-6-13-36(34)38)78-52(88)39(15-8-20-70-61(65)66)74-54(90)42(23-33-11-4-3-5-12-33)77-56(92)44(25-35-27-69-31-73-35)79-53(89)40(18-19-48(84)85)75-57(93)45(29-98)80-51(87)37(63)28-97;21-13(22)9-17-1-2-18(10-14(23)24)5-6-20(12-16(27)28)8-7-19(4-3-17)11-15(25)26;;/h3-7,11-14,26-27,31-32,37,39-47,49,72,97-99H,8-10,15-25,28-30,63H2,1-2H3,(H2,64,86)(H,69,73)(H,74,90)(H,75,93)(H,76,94)(H,77,92)(H,78,88)(H,79,89)(H,80,87)(H,81,91)(H,82,95)(H,84,85)(H4,65,66,70)(H4,67,68,71);1-12H2,(H,21,22)(H,23,24)(H,25,26)(H,27,28);;/q;;-2;/t37-,39-,40-,41-,42+,43-,44-,45-,46-,47-,49-;;;/m0.../s1. The minimum Gasteiger partial charge on any atom is -2.00 e. The van der Waals surface area contributed by atoms with Crippen molar-refractivity contribution in [1.82, 2.24) is 87.3 Å². The van der Waals surface area contributed by atoms with Crippen LogP contribution < -0.4 is 82.3 Å². The van der Waals surface area contributed by atoms with E-state index in [4.69, 9.17) is 54.8 Å². The fourth-order valence-corrected chi connectivity index (χ4v) is 14.3. The zero-order chi connectivity index (χ0) is 94.0. The molecule has 2 fully saturated rings. The number of carboxylic acids is 5. The number of nitrogens with two attached hydrogens (primary N) is 6. The first-order chi connectivity index (χ1) is 60.3. The second-order valence-electron chi connectivity index (χ2n) is 30.5. The summed E-state index contributed by atoms with van der Waals surface area (Å²) in [5, 5.41) is 70.2. The van der Waals surface area contributed by atoms with Crippen LogP contribution in [0.1, 0.15) is 82.0 Å². The van der Waals surface area contributed by atoms with Gasteiger partial charge in [0.2, 0.25) is 65.0 Å². The summed E-state index contributed by atoms with van der Waals surface area (Å²) in [4.78, 5) is 237. The molecule has 2 aliphatic heterocycles. The van der Waals surface area contributed by atoms with Gasteiger partial charge in [-0.25, -0.2) is 4.98 Å². The van der Waals surface area contributed by atoms with Crippen LogP contribution in [-0.2, 0) is 122 Å². The van der Waals surface area contributed by atoms with E-state index in [0.717, 1.165) is 0 Å². The molecule has 2 aromatic heterocycles. The Morgan fingerprint density at radius 1 is 0.481 bits per heavy atom. The number of fused-ring (bicyclic) bond motifs is 1. The Hall–Kier alpha value is -11.3. The summed E-state index contributed by atoms with van der Waals surface area (Å²) in [5.41, 5.74) is 35.8. The summed E-state index contributed by atoms with van der Waals surface area (Å²) < 4.78 is 0. The number of primary amides is 1. The van der Waals surface area contributed by atoms with Crippen LogP contribution >= 0.6 is 37.9 Å². The van der Waals surface area contributed by atoms with Crippen LogP contribution in [-0.4, -0.2) is 354 Å². The molecular formula is C78H119N25O22ReS3-2. The van der Waals surface area contributed by atoms with E-state index in [9.17, 15) is 72.2 Å². The third kappa shape index (κ3) is 40.5. The molecule has 51 heteroatoms. The van der Waals surface area contributed by atoms with Gasteiger partial charge in [-0.15, -0.1) is 0 Å². The molecule has 0 bridgehead atoms. The van der Waals surface area contributed by atoms with E-state index in [1.54, 1.807) is 94.2 Å².